The second kappa shape index (κ2) is 6.23. The summed E-state index contributed by atoms with van der Waals surface area (Å²) in [6.07, 6.45) is 5.87. The molecule has 0 fully saturated rings. The second-order valence-electron chi connectivity index (χ2n) is 4.08. The van der Waals surface area contributed by atoms with E-state index in [1.165, 1.54) is 29.9 Å². The molecule has 21 heavy (non-hydrogen) atoms. The second-order valence-corrected chi connectivity index (χ2v) is 5.03. The van der Waals surface area contributed by atoms with Crippen molar-refractivity contribution >= 4 is 23.4 Å². The molecule has 106 valence electrons. The first-order valence-electron chi connectivity index (χ1n) is 6.18. The maximum absolute atomic E-state index is 11.5. The van der Waals surface area contributed by atoms with Gasteiger partial charge in [0.2, 0.25) is 5.89 Å². The highest BCUT2D eigenvalue weighted by atomic mass is 32.1. The summed E-state index contributed by atoms with van der Waals surface area (Å²) in [5, 5.41) is 1.94. The van der Waals surface area contributed by atoms with Gasteiger partial charge in [0.05, 0.1) is 11.1 Å². The van der Waals surface area contributed by atoms with Crippen LogP contribution in [0, 0.1) is 0 Å². The van der Waals surface area contributed by atoms with Crippen LogP contribution in [0.15, 0.2) is 57.1 Å². The first-order valence-corrected chi connectivity index (χ1v) is 7.06. The number of hydrogen-bond donors (Lipinski definition) is 0. The van der Waals surface area contributed by atoms with Crippen molar-refractivity contribution in [3.8, 4) is 10.8 Å². The summed E-state index contributed by atoms with van der Waals surface area (Å²) in [5.41, 5.74) is 0.568. The van der Waals surface area contributed by atoms with Crippen LogP contribution >= 0.6 is 11.3 Å². The minimum Gasteiger partial charge on any atom is -0.465 e. The van der Waals surface area contributed by atoms with Gasteiger partial charge in [0.25, 0.3) is 0 Å². The Morgan fingerprint density at radius 3 is 3.05 bits per heavy atom. The van der Waals surface area contributed by atoms with Crippen molar-refractivity contribution < 1.29 is 18.4 Å². The highest BCUT2D eigenvalue weighted by molar-refractivity contribution is 7.13. The molecule has 3 heterocycles. The average molecular weight is 301 g/mol. The van der Waals surface area contributed by atoms with E-state index < -0.39 is 5.97 Å². The minimum atomic E-state index is -0.466. The predicted molar refractivity (Wildman–Crippen MR) is 77.4 cm³/mol. The summed E-state index contributed by atoms with van der Waals surface area (Å²) < 4.78 is 15.5. The lowest BCUT2D eigenvalue weighted by Gasteiger charge is -1.96. The molecule has 3 aromatic heterocycles. The lowest BCUT2D eigenvalue weighted by Crippen LogP contribution is -2.00. The largest absolute Gasteiger partial charge is 0.465 e. The molecule has 6 heteroatoms. The number of thiophene rings is 1. The van der Waals surface area contributed by atoms with Gasteiger partial charge in [0, 0.05) is 6.08 Å². The van der Waals surface area contributed by atoms with Crippen LogP contribution in [-0.4, -0.2) is 11.0 Å². The van der Waals surface area contributed by atoms with Gasteiger partial charge >= 0.3 is 5.97 Å². The molecule has 0 saturated heterocycles. The summed E-state index contributed by atoms with van der Waals surface area (Å²) >= 11 is 1.53. The molecule has 0 unspecified atom stereocenters. The molecule has 3 aromatic rings. The van der Waals surface area contributed by atoms with Crippen LogP contribution in [0.25, 0.3) is 16.8 Å². The van der Waals surface area contributed by atoms with E-state index in [9.17, 15) is 4.79 Å². The number of carbonyl (C=O) groups is 1. The lowest BCUT2D eigenvalue weighted by molar-refractivity contribution is -0.139. The third-order valence-electron chi connectivity index (χ3n) is 2.57. The molecule has 0 atom stereocenters. The van der Waals surface area contributed by atoms with E-state index in [0.29, 0.717) is 17.3 Å². The van der Waals surface area contributed by atoms with Crippen molar-refractivity contribution in [3.05, 3.63) is 59.7 Å². The topological polar surface area (TPSA) is 65.5 Å². The van der Waals surface area contributed by atoms with Crippen LogP contribution in [0.2, 0.25) is 0 Å². The zero-order valence-corrected chi connectivity index (χ0v) is 11.7. The fraction of sp³-hybridized carbons (Fsp3) is 0.0667. The number of hydrogen-bond acceptors (Lipinski definition) is 6. The summed E-state index contributed by atoms with van der Waals surface area (Å²) in [6.45, 7) is 0.0657. The van der Waals surface area contributed by atoms with Crippen molar-refractivity contribution in [2.75, 3.05) is 0 Å². The quantitative estimate of drug-likeness (QED) is 0.530. The van der Waals surface area contributed by atoms with Crippen molar-refractivity contribution in [1.82, 2.24) is 4.98 Å². The van der Waals surface area contributed by atoms with Gasteiger partial charge in [-0.05, 0) is 29.7 Å². The Hall–Kier alpha value is -2.60. The standard InChI is InChI=1S/C15H11NO4S/c17-14(6-5-12-3-1-7-18-12)19-9-11-10-20-15(16-11)13-4-2-8-21-13/h1-8,10H,9H2/b6-5+. The molecule has 0 aliphatic heterocycles. The van der Waals surface area contributed by atoms with Gasteiger partial charge in [-0.15, -0.1) is 11.3 Å². The Kier molecular flexibility index (Phi) is 3.97. The minimum absolute atomic E-state index is 0.0657. The molecule has 0 aliphatic rings. The maximum atomic E-state index is 11.5. The van der Waals surface area contributed by atoms with E-state index in [4.69, 9.17) is 13.6 Å². The number of oxazole rings is 1. The maximum Gasteiger partial charge on any atom is 0.331 e. The van der Waals surface area contributed by atoms with Crippen molar-refractivity contribution in [2.24, 2.45) is 0 Å². The molecule has 0 bridgehead atoms. The third-order valence-corrected chi connectivity index (χ3v) is 3.43. The number of furan rings is 1. The van der Waals surface area contributed by atoms with Crippen molar-refractivity contribution in [3.63, 3.8) is 0 Å². The summed E-state index contributed by atoms with van der Waals surface area (Å²) in [6, 6.07) is 7.32. The number of nitrogens with zero attached hydrogens (tertiary/aromatic N) is 1. The number of rotatable bonds is 5. The monoisotopic (exact) mass is 301 g/mol. The molecule has 0 aromatic carbocycles. The Morgan fingerprint density at radius 1 is 1.33 bits per heavy atom. The van der Waals surface area contributed by atoms with Gasteiger partial charge in [-0.25, -0.2) is 9.78 Å². The molecule has 0 N–H and O–H groups in total. The summed E-state index contributed by atoms with van der Waals surface area (Å²) in [5.74, 6) is 0.655. The molecule has 0 saturated carbocycles. The molecule has 5 nitrogen and oxygen atoms in total. The van der Waals surface area contributed by atoms with Crippen LogP contribution in [-0.2, 0) is 16.1 Å². The first-order chi connectivity index (χ1) is 10.3. The highest BCUT2D eigenvalue weighted by Gasteiger charge is 2.08. The zero-order valence-electron chi connectivity index (χ0n) is 10.9. The van der Waals surface area contributed by atoms with E-state index in [1.807, 2.05) is 17.5 Å². The molecule has 0 spiro atoms. The van der Waals surface area contributed by atoms with Gasteiger partial charge in [-0.3, -0.25) is 0 Å². The van der Waals surface area contributed by atoms with E-state index in [-0.39, 0.29) is 6.61 Å². The Bertz CT molecular complexity index is 726. The third kappa shape index (κ3) is 3.49. The van der Waals surface area contributed by atoms with E-state index in [2.05, 4.69) is 4.98 Å². The van der Waals surface area contributed by atoms with E-state index in [1.54, 1.807) is 18.2 Å². The number of aromatic nitrogens is 1. The van der Waals surface area contributed by atoms with Gasteiger partial charge < -0.3 is 13.6 Å². The number of esters is 1. The summed E-state index contributed by atoms with van der Waals surface area (Å²) in [7, 11) is 0. The molecule has 0 aliphatic carbocycles. The van der Waals surface area contributed by atoms with Gasteiger partial charge in [0.15, 0.2) is 0 Å². The highest BCUT2D eigenvalue weighted by Crippen LogP contribution is 2.23. The lowest BCUT2D eigenvalue weighted by atomic mass is 10.4. The smallest absolute Gasteiger partial charge is 0.331 e. The SMILES string of the molecule is O=C(/C=C/c1ccco1)OCc1coc(-c2cccs2)n1. The molecule has 3 rings (SSSR count). The van der Waals surface area contributed by atoms with Crippen LogP contribution in [0.1, 0.15) is 11.5 Å². The molecule has 0 radical (unpaired) electrons. The Morgan fingerprint density at radius 2 is 2.29 bits per heavy atom. The average Bonchev–Trinajstić information content (AvgIpc) is 3.24. The molecular weight excluding hydrogens is 290 g/mol. The predicted octanol–water partition coefficient (Wildman–Crippen LogP) is 3.75. The fourth-order valence-corrected chi connectivity index (χ4v) is 2.27. The first kappa shape index (κ1) is 13.4. The van der Waals surface area contributed by atoms with Crippen LogP contribution in [0.4, 0.5) is 0 Å². The van der Waals surface area contributed by atoms with Gasteiger partial charge in [0.1, 0.15) is 24.3 Å². The normalized spacial score (nSPS) is 11.0. The molecule has 0 amide bonds. The van der Waals surface area contributed by atoms with Crippen LogP contribution in [0.3, 0.4) is 0 Å². The van der Waals surface area contributed by atoms with Crippen LogP contribution < -0.4 is 0 Å². The van der Waals surface area contributed by atoms with Crippen molar-refractivity contribution in [2.45, 2.75) is 6.61 Å². The van der Waals surface area contributed by atoms with Crippen LogP contribution in [0.5, 0.6) is 0 Å². The van der Waals surface area contributed by atoms with Gasteiger partial charge in [-0.1, -0.05) is 6.07 Å². The Labute approximate surface area is 124 Å². The summed E-state index contributed by atoms with van der Waals surface area (Å²) in [4.78, 5) is 16.7. The Balaban J connectivity index is 1.54. The van der Waals surface area contributed by atoms with E-state index in [0.717, 1.165) is 4.88 Å². The fourth-order valence-electron chi connectivity index (χ4n) is 1.62. The zero-order chi connectivity index (χ0) is 14.5. The number of ether oxygens (including phenoxy) is 1. The van der Waals surface area contributed by atoms with Crippen molar-refractivity contribution in [1.29, 1.82) is 0 Å². The van der Waals surface area contributed by atoms with Gasteiger partial charge in [-0.2, -0.15) is 0 Å². The number of carbonyl (C=O) groups excluding carboxylic acids is 1. The van der Waals surface area contributed by atoms with E-state index >= 15 is 0 Å². The molecular formula is C15H11NO4S.